The van der Waals surface area contributed by atoms with Crippen molar-refractivity contribution in [3.8, 4) is 17.2 Å². The Morgan fingerprint density at radius 2 is 1.97 bits per heavy atom. The number of benzene rings is 1. The van der Waals surface area contributed by atoms with Gasteiger partial charge in [0.15, 0.2) is 17.1 Å². The second-order valence-corrected chi connectivity index (χ2v) is 7.50. The highest BCUT2D eigenvalue weighted by molar-refractivity contribution is 6.09. The number of rotatable bonds is 3. The van der Waals surface area contributed by atoms with Gasteiger partial charge in [-0.05, 0) is 25.0 Å². The lowest BCUT2D eigenvalue weighted by Gasteiger charge is -2.31. The van der Waals surface area contributed by atoms with E-state index >= 15 is 0 Å². The van der Waals surface area contributed by atoms with Gasteiger partial charge in [-0.2, -0.15) is 5.10 Å². The maximum absolute atomic E-state index is 12.9. The van der Waals surface area contributed by atoms with Gasteiger partial charge in [0, 0.05) is 37.8 Å². The number of amides is 1. The molecule has 29 heavy (non-hydrogen) atoms. The Morgan fingerprint density at radius 1 is 1.17 bits per heavy atom. The Morgan fingerprint density at radius 3 is 2.76 bits per heavy atom. The van der Waals surface area contributed by atoms with Crippen molar-refractivity contribution in [3.05, 3.63) is 36.2 Å². The smallest absolute Gasteiger partial charge is 0.261 e. The SMILES string of the molecule is COc1c(C(=O)Nc2ccc3c(c2)OC2(CCCCC2)O3)cnc2c1cnn2C. The van der Waals surface area contributed by atoms with Crippen molar-refractivity contribution in [1.82, 2.24) is 14.8 Å². The van der Waals surface area contributed by atoms with Crippen LogP contribution in [0.25, 0.3) is 11.0 Å². The molecule has 3 heterocycles. The normalized spacial score (nSPS) is 16.9. The van der Waals surface area contributed by atoms with Gasteiger partial charge in [0.25, 0.3) is 11.7 Å². The predicted molar refractivity (Wildman–Crippen MR) is 107 cm³/mol. The number of ether oxygens (including phenoxy) is 3. The topological polar surface area (TPSA) is 87.5 Å². The van der Waals surface area contributed by atoms with Gasteiger partial charge in [0.1, 0.15) is 11.3 Å². The number of fused-ring (bicyclic) bond motifs is 2. The van der Waals surface area contributed by atoms with Crippen LogP contribution in [0.3, 0.4) is 0 Å². The van der Waals surface area contributed by atoms with Crippen LogP contribution < -0.4 is 19.5 Å². The van der Waals surface area contributed by atoms with Gasteiger partial charge in [-0.1, -0.05) is 6.42 Å². The maximum Gasteiger partial charge on any atom is 0.261 e. The number of methoxy groups -OCH3 is 1. The molecule has 1 aliphatic carbocycles. The van der Waals surface area contributed by atoms with Gasteiger partial charge in [-0.15, -0.1) is 0 Å². The van der Waals surface area contributed by atoms with Gasteiger partial charge in [0.2, 0.25) is 0 Å². The molecule has 0 radical (unpaired) electrons. The number of aryl methyl sites for hydroxylation is 1. The highest BCUT2D eigenvalue weighted by Gasteiger charge is 2.42. The molecule has 0 bridgehead atoms. The predicted octanol–water partition coefficient (Wildman–Crippen LogP) is 3.66. The molecule has 1 fully saturated rings. The summed E-state index contributed by atoms with van der Waals surface area (Å²) < 4.78 is 19.4. The van der Waals surface area contributed by atoms with Gasteiger partial charge in [0.05, 0.1) is 18.7 Å². The average molecular weight is 394 g/mol. The third-order valence-corrected chi connectivity index (χ3v) is 5.57. The van der Waals surface area contributed by atoms with Crippen molar-refractivity contribution >= 4 is 22.6 Å². The number of carbonyl (C=O) groups excluding carboxylic acids is 1. The third kappa shape index (κ3) is 2.95. The van der Waals surface area contributed by atoms with E-state index in [0.717, 1.165) is 31.4 Å². The summed E-state index contributed by atoms with van der Waals surface area (Å²) in [6.45, 7) is 0. The van der Waals surface area contributed by atoms with Crippen molar-refractivity contribution in [2.45, 2.75) is 37.9 Å². The molecule has 8 heteroatoms. The van der Waals surface area contributed by atoms with Gasteiger partial charge < -0.3 is 19.5 Å². The molecular weight excluding hydrogens is 372 g/mol. The molecular formula is C21H22N4O4. The Hall–Kier alpha value is -3.29. The van der Waals surface area contributed by atoms with Crippen LogP contribution >= 0.6 is 0 Å². The summed E-state index contributed by atoms with van der Waals surface area (Å²) in [5.41, 5.74) is 1.62. The zero-order valence-electron chi connectivity index (χ0n) is 16.4. The fourth-order valence-corrected chi connectivity index (χ4v) is 4.12. The van der Waals surface area contributed by atoms with Crippen LogP contribution in [0.15, 0.2) is 30.6 Å². The molecule has 2 aromatic heterocycles. The Kier molecular flexibility index (Phi) is 4.08. The van der Waals surface area contributed by atoms with Crippen LogP contribution in [-0.4, -0.2) is 33.6 Å². The lowest BCUT2D eigenvalue weighted by atomic mass is 9.94. The summed E-state index contributed by atoms with van der Waals surface area (Å²) in [6.07, 6.45) is 8.32. The van der Waals surface area contributed by atoms with E-state index in [1.807, 2.05) is 12.1 Å². The minimum Gasteiger partial charge on any atom is -0.495 e. The van der Waals surface area contributed by atoms with E-state index in [2.05, 4.69) is 15.4 Å². The van der Waals surface area contributed by atoms with E-state index in [9.17, 15) is 4.79 Å². The molecule has 1 spiro atoms. The first-order chi connectivity index (χ1) is 14.1. The van der Waals surface area contributed by atoms with Crippen molar-refractivity contribution in [2.75, 3.05) is 12.4 Å². The van der Waals surface area contributed by atoms with Crippen LogP contribution in [0, 0.1) is 0 Å². The fraction of sp³-hybridized carbons (Fsp3) is 0.381. The first-order valence-corrected chi connectivity index (χ1v) is 9.77. The van der Waals surface area contributed by atoms with Crippen molar-refractivity contribution in [1.29, 1.82) is 0 Å². The Labute approximate surface area is 167 Å². The van der Waals surface area contributed by atoms with Gasteiger partial charge in [-0.3, -0.25) is 9.48 Å². The molecule has 1 saturated carbocycles. The van der Waals surface area contributed by atoms with E-state index in [4.69, 9.17) is 14.2 Å². The zero-order valence-corrected chi connectivity index (χ0v) is 16.4. The molecule has 3 aromatic rings. The summed E-state index contributed by atoms with van der Waals surface area (Å²) in [5.74, 6) is 0.981. The lowest BCUT2D eigenvalue weighted by molar-refractivity contribution is -0.105. The number of pyridine rings is 1. The Balaban J connectivity index is 1.40. The molecule has 5 rings (SSSR count). The highest BCUT2D eigenvalue weighted by Crippen LogP contribution is 2.46. The van der Waals surface area contributed by atoms with Crippen molar-refractivity contribution in [3.63, 3.8) is 0 Å². The zero-order chi connectivity index (χ0) is 20.0. The lowest BCUT2D eigenvalue weighted by Crippen LogP contribution is -2.40. The van der Waals surface area contributed by atoms with E-state index in [1.165, 1.54) is 19.7 Å². The molecule has 1 amide bonds. The Bertz CT molecular complexity index is 1100. The summed E-state index contributed by atoms with van der Waals surface area (Å²) in [7, 11) is 3.32. The number of nitrogens with zero attached hydrogens (tertiary/aromatic N) is 3. The van der Waals surface area contributed by atoms with Gasteiger partial charge >= 0.3 is 0 Å². The summed E-state index contributed by atoms with van der Waals surface area (Å²) >= 11 is 0. The standard InChI is InChI=1S/C21H22N4O4/c1-25-19-14(12-23-25)18(27-2)15(11-22-19)20(26)24-13-6-7-16-17(10-13)29-21(28-16)8-4-3-5-9-21/h6-7,10-12H,3-5,8-9H2,1-2H3,(H,24,26). The molecule has 150 valence electrons. The fourth-order valence-electron chi connectivity index (χ4n) is 4.12. The molecule has 1 N–H and O–H groups in total. The van der Waals surface area contributed by atoms with Crippen LogP contribution in [0.1, 0.15) is 42.5 Å². The first kappa shape index (κ1) is 17.8. The monoisotopic (exact) mass is 394 g/mol. The average Bonchev–Trinajstić information content (AvgIpc) is 3.27. The minimum absolute atomic E-state index is 0.314. The highest BCUT2D eigenvalue weighted by atomic mass is 16.7. The van der Waals surface area contributed by atoms with Crippen LogP contribution in [-0.2, 0) is 7.05 Å². The largest absolute Gasteiger partial charge is 0.495 e. The second kappa shape index (κ2) is 6.65. The van der Waals surface area contributed by atoms with Gasteiger partial charge in [-0.25, -0.2) is 4.98 Å². The molecule has 0 atom stereocenters. The van der Waals surface area contributed by atoms with Crippen molar-refractivity contribution in [2.24, 2.45) is 7.05 Å². The first-order valence-electron chi connectivity index (χ1n) is 9.77. The quantitative estimate of drug-likeness (QED) is 0.729. The second-order valence-electron chi connectivity index (χ2n) is 7.50. The van der Waals surface area contributed by atoms with E-state index in [0.29, 0.717) is 33.8 Å². The van der Waals surface area contributed by atoms with Crippen molar-refractivity contribution < 1.29 is 19.0 Å². The minimum atomic E-state index is -0.540. The summed E-state index contributed by atoms with van der Waals surface area (Å²) in [5, 5.41) is 7.77. The molecule has 1 aliphatic heterocycles. The third-order valence-electron chi connectivity index (χ3n) is 5.57. The number of nitrogens with one attached hydrogen (secondary N) is 1. The van der Waals surface area contributed by atoms with E-state index in [1.54, 1.807) is 24.0 Å². The van der Waals surface area contributed by atoms with E-state index < -0.39 is 5.79 Å². The number of hydrogen-bond acceptors (Lipinski definition) is 6. The number of hydrogen-bond donors (Lipinski definition) is 1. The van der Waals surface area contributed by atoms with Crippen LogP contribution in [0.5, 0.6) is 17.2 Å². The molecule has 8 nitrogen and oxygen atoms in total. The van der Waals surface area contributed by atoms with E-state index in [-0.39, 0.29) is 5.91 Å². The number of carbonyl (C=O) groups is 1. The van der Waals surface area contributed by atoms with Crippen LogP contribution in [0.2, 0.25) is 0 Å². The summed E-state index contributed by atoms with van der Waals surface area (Å²) in [6, 6.07) is 5.46. The molecule has 2 aliphatic rings. The maximum atomic E-state index is 12.9. The molecule has 0 unspecified atom stereocenters. The molecule has 0 saturated heterocycles. The molecule has 1 aromatic carbocycles. The number of anilines is 1. The number of aromatic nitrogens is 3. The summed E-state index contributed by atoms with van der Waals surface area (Å²) in [4.78, 5) is 17.3. The van der Waals surface area contributed by atoms with Crippen LogP contribution in [0.4, 0.5) is 5.69 Å².